The number of carbonyl (C=O) groups is 1. The van der Waals surface area contributed by atoms with Crippen molar-refractivity contribution in [1.82, 2.24) is 9.88 Å². The summed E-state index contributed by atoms with van der Waals surface area (Å²) in [6.07, 6.45) is 3.14. The number of aliphatic hydroxyl groups excluding tert-OH is 1. The van der Waals surface area contributed by atoms with Crippen molar-refractivity contribution < 1.29 is 14.6 Å². The molecule has 0 bridgehead atoms. The fourth-order valence-electron chi connectivity index (χ4n) is 5.80. The second-order valence-electron chi connectivity index (χ2n) is 8.18. The van der Waals surface area contributed by atoms with Crippen LogP contribution in [0.1, 0.15) is 36.6 Å². The molecule has 2 aliphatic heterocycles. The minimum Gasteiger partial charge on any atom is -0.469 e. The van der Waals surface area contributed by atoms with Crippen LogP contribution in [0.25, 0.3) is 10.9 Å². The Labute approximate surface area is 153 Å². The van der Waals surface area contributed by atoms with Crippen LogP contribution in [-0.4, -0.2) is 47.3 Å². The quantitative estimate of drug-likeness (QED) is 0.773. The van der Waals surface area contributed by atoms with Gasteiger partial charge in [0.25, 0.3) is 0 Å². The Kier molecular flexibility index (Phi) is 3.83. The highest BCUT2D eigenvalue weighted by Gasteiger charge is 2.49. The molecule has 26 heavy (non-hydrogen) atoms. The molecule has 1 aliphatic carbocycles. The maximum atomic E-state index is 12.4. The van der Waals surface area contributed by atoms with Crippen molar-refractivity contribution in [2.75, 3.05) is 20.2 Å². The molecule has 2 N–H and O–H groups in total. The fourth-order valence-corrected chi connectivity index (χ4v) is 5.80. The number of esters is 1. The topological polar surface area (TPSA) is 65.6 Å². The van der Waals surface area contributed by atoms with Gasteiger partial charge in [-0.25, -0.2) is 0 Å². The molecule has 0 radical (unpaired) electrons. The zero-order chi connectivity index (χ0) is 17.8. The van der Waals surface area contributed by atoms with E-state index in [9.17, 15) is 9.90 Å². The molecule has 5 nitrogen and oxygen atoms in total. The van der Waals surface area contributed by atoms with Crippen LogP contribution in [0, 0.1) is 17.8 Å². The highest BCUT2D eigenvalue weighted by Crippen LogP contribution is 2.49. The summed E-state index contributed by atoms with van der Waals surface area (Å²) in [5, 5.41) is 11.8. The minimum absolute atomic E-state index is 0.199. The van der Waals surface area contributed by atoms with E-state index in [1.54, 1.807) is 0 Å². The first-order chi connectivity index (χ1) is 12.7. The molecule has 2 unspecified atom stereocenters. The number of nitrogens with zero attached hydrogens (tertiary/aromatic N) is 1. The summed E-state index contributed by atoms with van der Waals surface area (Å²) in [4.78, 5) is 18.6. The lowest BCUT2D eigenvalue weighted by Crippen LogP contribution is -2.53. The molecular weight excluding hydrogens is 328 g/mol. The molecule has 5 heteroatoms. The third kappa shape index (κ3) is 2.33. The van der Waals surface area contributed by atoms with Gasteiger partial charge in [0.15, 0.2) is 0 Å². The fraction of sp³-hybridized carbons (Fsp3) is 0.571. The van der Waals surface area contributed by atoms with E-state index in [1.807, 2.05) is 0 Å². The van der Waals surface area contributed by atoms with E-state index in [1.165, 1.54) is 29.3 Å². The molecule has 3 heterocycles. The van der Waals surface area contributed by atoms with E-state index < -0.39 is 6.10 Å². The first-order valence-corrected chi connectivity index (χ1v) is 9.76. The summed E-state index contributed by atoms with van der Waals surface area (Å²) in [5.74, 6) is 0.0541. The normalized spacial score (nSPS) is 34.0. The second-order valence-corrected chi connectivity index (χ2v) is 8.18. The Morgan fingerprint density at radius 1 is 1.31 bits per heavy atom. The smallest absolute Gasteiger partial charge is 0.311 e. The average Bonchev–Trinajstić information content (AvgIpc) is 3.05. The molecule has 1 aromatic heterocycles. The van der Waals surface area contributed by atoms with Gasteiger partial charge in [-0.2, -0.15) is 0 Å². The number of nitrogens with one attached hydrogen (secondary N) is 1. The molecule has 5 atom stereocenters. The lowest BCUT2D eigenvalue weighted by molar-refractivity contribution is -0.160. The van der Waals surface area contributed by atoms with Crippen LogP contribution in [-0.2, 0) is 16.0 Å². The molecule has 0 spiro atoms. The number of fused-ring (bicyclic) bond motifs is 6. The molecule has 2 aromatic rings. The standard InChI is InChI=1S/C21H26N2O3/c1-26-21(25)19-15-10-17-20-14(13-4-2-3-5-16(13)22-20)8-9-23(17)11-12(15)6-7-18(19)24/h2-5,12,15,17-19,22,24H,6-11H2,1H3/t12-,15-,17-,18?,19?/m0/s1. The molecule has 138 valence electrons. The molecule has 5 rings (SSSR count). The SMILES string of the molecule is COC(=O)C1C(O)CC[C@H]2CN3CCc4c([nH]c5ccccc45)[C@@H]3C[C@H]12. The number of methoxy groups -OCH3 is 1. The number of aromatic amines is 1. The number of aliphatic hydroxyl groups is 1. The van der Waals surface area contributed by atoms with Crippen molar-refractivity contribution in [2.24, 2.45) is 17.8 Å². The monoisotopic (exact) mass is 354 g/mol. The van der Waals surface area contributed by atoms with Gasteiger partial charge < -0.3 is 14.8 Å². The first-order valence-electron chi connectivity index (χ1n) is 9.76. The number of para-hydroxylation sites is 1. The van der Waals surface area contributed by atoms with Crippen LogP contribution in [0.2, 0.25) is 0 Å². The molecule has 1 saturated heterocycles. The van der Waals surface area contributed by atoms with Crippen molar-refractivity contribution in [3.05, 3.63) is 35.5 Å². The minimum atomic E-state index is -0.568. The lowest BCUT2D eigenvalue weighted by Gasteiger charge is -2.50. The van der Waals surface area contributed by atoms with Crippen molar-refractivity contribution in [3.63, 3.8) is 0 Å². The molecule has 1 saturated carbocycles. The molecule has 2 fully saturated rings. The number of piperidine rings is 1. The van der Waals surface area contributed by atoms with Crippen molar-refractivity contribution in [3.8, 4) is 0 Å². The highest BCUT2D eigenvalue weighted by molar-refractivity contribution is 5.85. The Bertz CT molecular complexity index is 845. The largest absolute Gasteiger partial charge is 0.469 e. The summed E-state index contributed by atoms with van der Waals surface area (Å²) < 4.78 is 5.04. The first kappa shape index (κ1) is 16.3. The Hall–Kier alpha value is -1.85. The van der Waals surface area contributed by atoms with Crippen LogP contribution in [0.3, 0.4) is 0 Å². The summed E-state index contributed by atoms with van der Waals surface area (Å²) in [7, 11) is 1.43. The average molecular weight is 354 g/mol. The van der Waals surface area contributed by atoms with E-state index in [4.69, 9.17) is 4.74 Å². The van der Waals surface area contributed by atoms with E-state index >= 15 is 0 Å². The van der Waals surface area contributed by atoms with Gasteiger partial charge in [0.1, 0.15) is 0 Å². The van der Waals surface area contributed by atoms with Gasteiger partial charge in [0.2, 0.25) is 0 Å². The van der Waals surface area contributed by atoms with Gasteiger partial charge in [-0.15, -0.1) is 0 Å². The maximum absolute atomic E-state index is 12.4. The number of aromatic nitrogens is 1. The van der Waals surface area contributed by atoms with Crippen LogP contribution >= 0.6 is 0 Å². The van der Waals surface area contributed by atoms with Gasteiger partial charge in [-0.3, -0.25) is 9.69 Å². The van der Waals surface area contributed by atoms with Crippen molar-refractivity contribution in [1.29, 1.82) is 0 Å². The second kappa shape index (κ2) is 6.10. The van der Waals surface area contributed by atoms with Crippen LogP contribution in [0.4, 0.5) is 0 Å². The van der Waals surface area contributed by atoms with Crippen molar-refractivity contribution >= 4 is 16.9 Å². The van der Waals surface area contributed by atoms with E-state index in [0.717, 1.165) is 32.4 Å². The molecular formula is C21H26N2O3. The zero-order valence-electron chi connectivity index (χ0n) is 15.1. The number of H-pyrrole nitrogens is 1. The summed E-state index contributed by atoms with van der Waals surface area (Å²) in [6, 6.07) is 8.83. The summed E-state index contributed by atoms with van der Waals surface area (Å²) in [5.41, 5.74) is 3.96. The van der Waals surface area contributed by atoms with Gasteiger partial charge in [-0.1, -0.05) is 18.2 Å². The zero-order valence-corrected chi connectivity index (χ0v) is 15.1. The highest BCUT2D eigenvalue weighted by atomic mass is 16.5. The Morgan fingerprint density at radius 3 is 3.00 bits per heavy atom. The number of hydrogen-bond donors (Lipinski definition) is 2. The molecule has 0 amide bonds. The van der Waals surface area contributed by atoms with Crippen LogP contribution < -0.4 is 0 Å². The lowest BCUT2D eigenvalue weighted by atomic mass is 9.65. The predicted octanol–water partition coefficient (Wildman–Crippen LogP) is 2.65. The van der Waals surface area contributed by atoms with Gasteiger partial charge in [-0.05, 0) is 49.1 Å². The molecule has 1 aromatic carbocycles. The number of carbonyl (C=O) groups excluding carboxylic acids is 1. The van der Waals surface area contributed by atoms with E-state index in [2.05, 4.69) is 34.1 Å². The third-order valence-corrected chi connectivity index (χ3v) is 7.02. The Balaban J connectivity index is 1.52. The summed E-state index contributed by atoms with van der Waals surface area (Å²) >= 11 is 0. The van der Waals surface area contributed by atoms with Gasteiger partial charge in [0.05, 0.1) is 25.2 Å². The van der Waals surface area contributed by atoms with E-state index in [0.29, 0.717) is 18.4 Å². The van der Waals surface area contributed by atoms with Gasteiger partial charge in [0, 0.05) is 29.7 Å². The van der Waals surface area contributed by atoms with Crippen LogP contribution in [0.5, 0.6) is 0 Å². The predicted molar refractivity (Wildman–Crippen MR) is 98.7 cm³/mol. The van der Waals surface area contributed by atoms with E-state index in [-0.39, 0.29) is 17.8 Å². The van der Waals surface area contributed by atoms with Crippen LogP contribution in [0.15, 0.2) is 24.3 Å². The number of benzene rings is 1. The maximum Gasteiger partial charge on any atom is 0.311 e. The van der Waals surface area contributed by atoms with Crippen molar-refractivity contribution in [2.45, 2.75) is 37.8 Å². The van der Waals surface area contributed by atoms with Gasteiger partial charge >= 0.3 is 5.97 Å². The number of hydrogen-bond acceptors (Lipinski definition) is 4. The number of ether oxygens (including phenoxy) is 1. The number of rotatable bonds is 1. The Morgan fingerprint density at radius 2 is 2.15 bits per heavy atom. The third-order valence-electron chi connectivity index (χ3n) is 7.02. The molecule has 3 aliphatic rings. The summed E-state index contributed by atoms with van der Waals surface area (Å²) in [6.45, 7) is 2.10.